The van der Waals surface area contributed by atoms with Gasteiger partial charge in [0.1, 0.15) is 5.25 Å². The third kappa shape index (κ3) is 4.21. The summed E-state index contributed by atoms with van der Waals surface area (Å²) in [6.45, 7) is 4.47. The van der Waals surface area contributed by atoms with Crippen LogP contribution in [0, 0.1) is 6.92 Å². The first-order valence-corrected chi connectivity index (χ1v) is 10.6. The van der Waals surface area contributed by atoms with Gasteiger partial charge in [0.25, 0.3) is 0 Å². The summed E-state index contributed by atoms with van der Waals surface area (Å²) >= 11 is 1.45. The molecule has 2 heterocycles. The molecule has 0 saturated carbocycles. The van der Waals surface area contributed by atoms with Gasteiger partial charge in [0, 0.05) is 25.7 Å². The molecule has 1 atom stereocenters. The molecule has 6 nitrogen and oxygen atoms in total. The van der Waals surface area contributed by atoms with Crippen LogP contribution in [0.1, 0.15) is 16.4 Å². The molecule has 7 heteroatoms. The first-order valence-electron chi connectivity index (χ1n) is 9.68. The molecule has 0 aliphatic carbocycles. The number of aromatic nitrogens is 3. The smallest absolute Gasteiger partial charge is 0.240 e. The van der Waals surface area contributed by atoms with Crippen LogP contribution in [0.5, 0.6) is 0 Å². The molecule has 0 bridgehead atoms. The van der Waals surface area contributed by atoms with E-state index in [1.807, 2.05) is 65.0 Å². The minimum absolute atomic E-state index is 0.0879. The highest BCUT2D eigenvalue weighted by atomic mass is 32.2. The molecular weight excluding hydrogens is 384 g/mol. The van der Waals surface area contributed by atoms with Crippen molar-refractivity contribution >= 4 is 17.7 Å². The number of amides is 1. The fourth-order valence-electron chi connectivity index (χ4n) is 3.42. The number of carbonyl (C=O) groups excluding carboxylic acids is 1. The van der Waals surface area contributed by atoms with E-state index in [0.29, 0.717) is 26.3 Å². The minimum Gasteiger partial charge on any atom is -0.378 e. The van der Waals surface area contributed by atoms with Crippen molar-refractivity contribution in [2.75, 3.05) is 26.3 Å². The quantitative estimate of drug-likeness (QED) is 0.605. The highest BCUT2D eigenvalue weighted by Gasteiger charge is 2.30. The number of carbonyl (C=O) groups is 1. The molecule has 1 aromatic heterocycles. The Balaban J connectivity index is 1.65. The second-order valence-corrected chi connectivity index (χ2v) is 8.10. The Morgan fingerprint density at radius 2 is 1.72 bits per heavy atom. The van der Waals surface area contributed by atoms with Crippen molar-refractivity contribution in [3.05, 3.63) is 65.7 Å². The Kier molecular flexibility index (Phi) is 5.97. The monoisotopic (exact) mass is 408 g/mol. The SMILES string of the molecule is Cc1ccccc1-c1nnc(SC(C(=O)N2CCOCC2)c2ccccc2)n1C. The summed E-state index contributed by atoms with van der Waals surface area (Å²) in [5.41, 5.74) is 3.16. The summed E-state index contributed by atoms with van der Waals surface area (Å²) in [6, 6.07) is 18.0. The molecule has 1 aliphatic heterocycles. The van der Waals surface area contributed by atoms with Crippen LogP contribution in [0.15, 0.2) is 59.8 Å². The van der Waals surface area contributed by atoms with Crippen molar-refractivity contribution in [1.82, 2.24) is 19.7 Å². The molecule has 29 heavy (non-hydrogen) atoms. The normalized spacial score (nSPS) is 15.3. The van der Waals surface area contributed by atoms with E-state index >= 15 is 0 Å². The fraction of sp³-hybridized carbons (Fsp3) is 0.318. The van der Waals surface area contributed by atoms with Crippen molar-refractivity contribution in [2.45, 2.75) is 17.3 Å². The second-order valence-electron chi connectivity index (χ2n) is 7.03. The molecule has 1 unspecified atom stereocenters. The molecule has 0 spiro atoms. The highest BCUT2D eigenvalue weighted by molar-refractivity contribution is 8.00. The Morgan fingerprint density at radius 1 is 1.03 bits per heavy atom. The highest BCUT2D eigenvalue weighted by Crippen LogP contribution is 2.37. The number of hydrogen-bond donors (Lipinski definition) is 0. The first-order chi connectivity index (χ1) is 14.1. The van der Waals surface area contributed by atoms with Crippen molar-refractivity contribution < 1.29 is 9.53 Å². The maximum absolute atomic E-state index is 13.3. The lowest BCUT2D eigenvalue weighted by Gasteiger charge is -2.30. The van der Waals surface area contributed by atoms with Gasteiger partial charge in [0.15, 0.2) is 11.0 Å². The summed E-state index contributed by atoms with van der Waals surface area (Å²) in [5, 5.41) is 9.17. The average molecular weight is 409 g/mol. The van der Waals surface area contributed by atoms with E-state index in [4.69, 9.17) is 4.74 Å². The van der Waals surface area contributed by atoms with Crippen LogP contribution in [-0.2, 0) is 16.6 Å². The standard InChI is InChI=1S/C22H24N4O2S/c1-16-8-6-7-11-18(16)20-23-24-22(25(20)2)29-19(17-9-4-3-5-10-17)21(27)26-12-14-28-15-13-26/h3-11,19H,12-15H2,1-2H3. The van der Waals surface area contributed by atoms with Crippen LogP contribution in [0.3, 0.4) is 0 Å². The molecular formula is C22H24N4O2S. The maximum Gasteiger partial charge on any atom is 0.240 e. The lowest BCUT2D eigenvalue weighted by molar-refractivity contribution is -0.134. The van der Waals surface area contributed by atoms with Gasteiger partial charge < -0.3 is 14.2 Å². The summed E-state index contributed by atoms with van der Waals surface area (Å²) in [5.74, 6) is 0.890. The van der Waals surface area contributed by atoms with E-state index in [-0.39, 0.29) is 11.2 Å². The minimum atomic E-state index is -0.373. The van der Waals surface area contributed by atoms with E-state index < -0.39 is 0 Å². The van der Waals surface area contributed by atoms with E-state index in [0.717, 1.165) is 27.7 Å². The predicted molar refractivity (Wildman–Crippen MR) is 114 cm³/mol. The number of rotatable bonds is 5. The lowest BCUT2D eigenvalue weighted by atomic mass is 10.1. The number of morpholine rings is 1. The number of ether oxygens (including phenoxy) is 1. The third-order valence-electron chi connectivity index (χ3n) is 5.09. The van der Waals surface area contributed by atoms with Crippen LogP contribution < -0.4 is 0 Å². The Labute approximate surface area is 174 Å². The van der Waals surface area contributed by atoms with E-state index in [1.54, 1.807) is 0 Å². The number of hydrogen-bond acceptors (Lipinski definition) is 5. The van der Waals surface area contributed by atoms with Gasteiger partial charge in [-0.2, -0.15) is 0 Å². The molecule has 1 saturated heterocycles. The summed E-state index contributed by atoms with van der Waals surface area (Å²) in [4.78, 5) is 15.2. The van der Waals surface area contributed by atoms with Crippen LogP contribution in [-0.4, -0.2) is 51.9 Å². The largest absolute Gasteiger partial charge is 0.378 e. The molecule has 1 aliphatic rings. The number of nitrogens with zero attached hydrogens (tertiary/aromatic N) is 4. The maximum atomic E-state index is 13.3. The van der Waals surface area contributed by atoms with Crippen LogP contribution in [0.4, 0.5) is 0 Å². The van der Waals surface area contributed by atoms with E-state index in [9.17, 15) is 4.79 Å². The zero-order valence-corrected chi connectivity index (χ0v) is 17.4. The molecule has 2 aromatic carbocycles. The van der Waals surface area contributed by atoms with Crippen LogP contribution in [0.2, 0.25) is 0 Å². The average Bonchev–Trinajstić information content (AvgIpc) is 3.13. The van der Waals surface area contributed by atoms with Crippen molar-refractivity contribution in [3.63, 3.8) is 0 Å². The third-order valence-corrected chi connectivity index (χ3v) is 6.37. The van der Waals surface area contributed by atoms with Gasteiger partial charge in [-0.05, 0) is 18.1 Å². The number of aryl methyl sites for hydroxylation is 1. The number of benzene rings is 2. The van der Waals surface area contributed by atoms with Crippen LogP contribution >= 0.6 is 11.8 Å². The fourth-order valence-corrected chi connectivity index (χ4v) is 4.51. The van der Waals surface area contributed by atoms with Gasteiger partial charge in [-0.3, -0.25) is 4.79 Å². The summed E-state index contributed by atoms with van der Waals surface area (Å²) < 4.78 is 7.38. The molecule has 150 valence electrons. The Morgan fingerprint density at radius 3 is 2.45 bits per heavy atom. The topological polar surface area (TPSA) is 60.3 Å². The molecule has 1 amide bonds. The van der Waals surface area contributed by atoms with E-state index in [2.05, 4.69) is 23.2 Å². The molecule has 4 rings (SSSR count). The molecule has 1 fully saturated rings. The lowest BCUT2D eigenvalue weighted by Crippen LogP contribution is -2.42. The zero-order valence-electron chi connectivity index (χ0n) is 16.6. The van der Waals surface area contributed by atoms with Crippen LogP contribution in [0.25, 0.3) is 11.4 Å². The van der Waals surface area contributed by atoms with Gasteiger partial charge >= 0.3 is 0 Å². The molecule has 0 radical (unpaired) electrons. The zero-order chi connectivity index (χ0) is 20.2. The number of thioether (sulfide) groups is 1. The Bertz CT molecular complexity index is 983. The second kappa shape index (κ2) is 8.80. The van der Waals surface area contributed by atoms with Gasteiger partial charge in [-0.1, -0.05) is 66.4 Å². The molecule has 3 aromatic rings. The first kappa shape index (κ1) is 19.7. The van der Waals surface area contributed by atoms with Gasteiger partial charge in [0.05, 0.1) is 13.2 Å². The predicted octanol–water partition coefficient (Wildman–Crippen LogP) is 3.48. The Hall–Kier alpha value is -2.64. The van der Waals surface area contributed by atoms with Crippen molar-refractivity contribution in [2.24, 2.45) is 7.05 Å². The molecule has 0 N–H and O–H groups in total. The van der Waals surface area contributed by atoms with E-state index in [1.165, 1.54) is 11.8 Å². The van der Waals surface area contributed by atoms with Gasteiger partial charge in [0.2, 0.25) is 5.91 Å². The van der Waals surface area contributed by atoms with Crippen molar-refractivity contribution in [1.29, 1.82) is 0 Å². The van der Waals surface area contributed by atoms with Gasteiger partial charge in [-0.25, -0.2) is 0 Å². The van der Waals surface area contributed by atoms with Crippen molar-refractivity contribution in [3.8, 4) is 11.4 Å². The van der Waals surface area contributed by atoms with Gasteiger partial charge in [-0.15, -0.1) is 10.2 Å². The summed E-state index contributed by atoms with van der Waals surface area (Å²) in [7, 11) is 1.95. The summed E-state index contributed by atoms with van der Waals surface area (Å²) in [6.07, 6.45) is 0.